The minimum absolute atomic E-state index is 0.0410. The number of nitrogens with zero attached hydrogens (tertiary/aromatic N) is 2. The van der Waals surface area contributed by atoms with Crippen LogP contribution in [0.5, 0.6) is 0 Å². The standard InChI is InChI=1S/C20H17N3O4/c1-27-20(26)16-7-2-3-8-17(16)23-12-14(10-18(23)24)19(25)22-15-6-4-5-13(9-15)11-21/h2-9,14H,10,12H2,1H3,(H,22,25). The van der Waals surface area contributed by atoms with Crippen molar-refractivity contribution in [3.8, 4) is 6.07 Å². The van der Waals surface area contributed by atoms with Crippen molar-refractivity contribution < 1.29 is 19.1 Å². The molecule has 27 heavy (non-hydrogen) atoms. The van der Waals surface area contributed by atoms with Crippen molar-refractivity contribution in [2.45, 2.75) is 6.42 Å². The van der Waals surface area contributed by atoms with E-state index in [4.69, 9.17) is 10.00 Å². The Morgan fingerprint density at radius 1 is 1.22 bits per heavy atom. The quantitative estimate of drug-likeness (QED) is 0.841. The van der Waals surface area contributed by atoms with Crippen LogP contribution in [0.4, 0.5) is 11.4 Å². The number of carbonyl (C=O) groups is 3. The summed E-state index contributed by atoms with van der Waals surface area (Å²) in [7, 11) is 1.27. The number of benzene rings is 2. The van der Waals surface area contributed by atoms with E-state index in [9.17, 15) is 14.4 Å². The molecule has 0 spiro atoms. The molecule has 0 saturated carbocycles. The van der Waals surface area contributed by atoms with E-state index in [1.54, 1.807) is 48.5 Å². The van der Waals surface area contributed by atoms with Gasteiger partial charge in [0.25, 0.3) is 0 Å². The minimum Gasteiger partial charge on any atom is -0.465 e. The Hall–Kier alpha value is -3.66. The van der Waals surface area contributed by atoms with Crippen LogP contribution in [-0.4, -0.2) is 31.4 Å². The Morgan fingerprint density at radius 3 is 2.74 bits per heavy atom. The number of anilines is 2. The van der Waals surface area contributed by atoms with Gasteiger partial charge in [0.1, 0.15) is 0 Å². The summed E-state index contributed by atoms with van der Waals surface area (Å²) in [6, 6.07) is 15.2. The van der Waals surface area contributed by atoms with E-state index in [0.717, 1.165) is 0 Å². The van der Waals surface area contributed by atoms with Gasteiger partial charge in [-0.2, -0.15) is 5.26 Å². The Balaban J connectivity index is 1.77. The van der Waals surface area contributed by atoms with Gasteiger partial charge >= 0.3 is 5.97 Å². The predicted octanol–water partition coefficient (Wildman–Crippen LogP) is 2.34. The first-order valence-corrected chi connectivity index (χ1v) is 8.32. The van der Waals surface area contributed by atoms with Gasteiger partial charge in [-0.3, -0.25) is 9.59 Å². The number of nitrogens with one attached hydrogen (secondary N) is 1. The smallest absolute Gasteiger partial charge is 0.339 e. The summed E-state index contributed by atoms with van der Waals surface area (Å²) in [4.78, 5) is 38.4. The van der Waals surface area contributed by atoms with Crippen molar-refractivity contribution >= 4 is 29.2 Å². The number of nitriles is 1. The SMILES string of the molecule is COC(=O)c1ccccc1N1CC(C(=O)Nc2cccc(C#N)c2)CC1=O. The normalized spacial score (nSPS) is 15.9. The molecule has 3 rings (SSSR count). The van der Waals surface area contributed by atoms with Crippen LogP contribution in [0.2, 0.25) is 0 Å². The number of hydrogen-bond donors (Lipinski definition) is 1. The van der Waals surface area contributed by atoms with E-state index >= 15 is 0 Å². The fourth-order valence-electron chi connectivity index (χ4n) is 3.02. The lowest BCUT2D eigenvalue weighted by Gasteiger charge is -2.19. The van der Waals surface area contributed by atoms with Crippen LogP contribution in [0, 0.1) is 17.2 Å². The number of esters is 1. The molecule has 0 aromatic heterocycles. The van der Waals surface area contributed by atoms with Gasteiger partial charge in [-0.1, -0.05) is 18.2 Å². The molecule has 7 nitrogen and oxygen atoms in total. The molecule has 1 heterocycles. The molecule has 1 atom stereocenters. The van der Waals surface area contributed by atoms with Gasteiger partial charge in [-0.15, -0.1) is 0 Å². The van der Waals surface area contributed by atoms with E-state index in [1.807, 2.05) is 6.07 Å². The molecule has 7 heteroatoms. The molecule has 1 saturated heterocycles. The van der Waals surface area contributed by atoms with E-state index in [2.05, 4.69) is 5.32 Å². The Labute approximate surface area is 156 Å². The number of hydrogen-bond acceptors (Lipinski definition) is 5. The largest absolute Gasteiger partial charge is 0.465 e. The highest BCUT2D eigenvalue weighted by molar-refractivity contribution is 6.07. The Morgan fingerprint density at radius 2 is 2.00 bits per heavy atom. The van der Waals surface area contributed by atoms with Crippen LogP contribution < -0.4 is 10.2 Å². The van der Waals surface area contributed by atoms with Crippen molar-refractivity contribution in [3.63, 3.8) is 0 Å². The average Bonchev–Trinajstić information content (AvgIpc) is 3.09. The van der Waals surface area contributed by atoms with Gasteiger partial charge in [0, 0.05) is 18.7 Å². The second-order valence-electron chi connectivity index (χ2n) is 6.10. The summed E-state index contributed by atoms with van der Waals surface area (Å²) in [5.74, 6) is -1.65. The zero-order valence-corrected chi connectivity index (χ0v) is 14.6. The molecule has 2 amide bonds. The second kappa shape index (κ2) is 7.70. The zero-order chi connectivity index (χ0) is 19.4. The monoisotopic (exact) mass is 363 g/mol. The van der Waals surface area contributed by atoms with Crippen LogP contribution in [0.1, 0.15) is 22.3 Å². The number of methoxy groups -OCH3 is 1. The highest BCUT2D eigenvalue weighted by atomic mass is 16.5. The Bertz CT molecular complexity index is 948. The molecule has 1 N–H and O–H groups in total. The molecule has 0 radical (unpaired) electrons. The van der Waals surface area contributed by atoms with Gasteiger partial charge in [0.15, 0.2) is 0 Å². The van der Waals surface area contributed by atoms with E-state index in [0.29, 0.717) is 16.9 Å². The topological polar surface area (TPSA) is 99.5 Å². The van der Waals surface area contributed by atoms with Crippen LogP contribution in [-0.2, 0) is 14.3 Å². The van der Waals surface area contributed by atoms with Gasteiger partial charge in [0.05, 0.1) is 35.9 Å². The third kappa shape index (κ3) is 3.80. The first-order chi connectivity index (χ1) is 13.0. The number of carbonyl (C=O) groups excluding carboxylic acids is 3. The van der Waals surface area contributed by atoms with Gasteiger partial charge < -0.3 is 15.0 Å². The van der Waals surface area contributed by atoms with Crippen molar-refractivity contribution in [2.24, 2.45) is 5.92 Å². The van der Waals surface area contributed by atoms with Crippen molar-refractivity contribution in [1.29, 1.82) is 5.26 Å². The van der Waals surface area contributed by atoms with Crippen molar-refractivity contribution in [2.75, 3.05) is 23.9 Å². The highest BCUT2D eigenvalue weighted by Crippen LogP contribution is 2.29. The molecular formula is C20H17N3O4. The summed E-state index contributed by atoms with van der Waals surface area (Å²) >= 11 is 0. The third-order valence-corrected chi connectivity index (χ3v) is 4.36. The van der Waals surface area contributed by atoms with Crippen LogP contribution in [0.3, 0.4) is 0 Å². The van der Waals surface area contributed by atoms with E-state index < -0.39 is 11.9 Å². The average molecular weight is 363 g/mol. The number of para-hydroxylation sites is 1. The van der Waals surface area contributed by atoms with E-state index in [-0.39, 0.29) is 30.3 Å². The molecule has 1 unspecified atom stereocenters. The molecule has 1 aliphatic heterocycles. The molecule has 0 bridgehead atoms. The maximum atomic E-state index is 12.5. The fourth-order valence-corrected chi connectivity index (χ4v) is 3.02. The van der Waals surface area contributed by atoms with Crippen LogP contribution >= 0.6 is 0 Å². The molecule has 136 valence electrons. The molecule has 1 fully saturated rings. The molecule has 2 aromatic carbocycles. The maximum absolute atomic E-state index is 12.5. The van der Waals surface area contributed by atoms with Crippen LogP contribution in [0.25, 0.3) is 0 Å². The van der Waals surface area contributed by atoms with Crippen LogP contribution in [0.15, 0.2) is 48.5 Å². The molecule has 1 aliphatic rings. The lowest BCUT2D eigenvalue weighted by Crippen LogP contribution is -2.29. The predicted molar refractivity (Wildman–Crippen MR) is 98.0 cm³/mol. The molecule has 0 aliphatic carbocycles. The second-order valence-corrected chi connectivity index (χ2v) is 6.10. The van der Waals surface area contributed by atoms with E-state index in [1.165, 1.54) is 12.0 Å². The highest BCUT2D eigenvalue weighted by Gasteiger charge is 2.36. The number of rotatable bonds is 4. The summed E-state index contributed by atoms with van der Waals surface area (Å²) < 4.78 is 4.76. The third-order valence-electron chi connectivity index (χ3n) is 4.36. The first kappa shape index (κ1) is 18.1. The Kier molecular flexibility index (Phi) is 5.18. The van der Waals surface area contributed by atoms with Crippen molar-refractivity contribution in [3.05, 3.63) is 59.7 Å². The molecule has 2 aromatic rings. The lowest BCUT2D eigenvalue weighted by atomic mass is 10.1. The molecular weight excluding hydrogens is 346 g/mol. The summed E-state index contributed by atoms with van der Waals surface area (Å²) in [5.41, 5.74) is 1.64. The van der Waals surface area contributed by atoms with Gasteiger partial charge in [-0.05, 0) is 30.3 Å². The summed E-state index contributed by atoms with van der Waals surface area (Å²) in [6.45, 7) is 0.163. The van der Waals surface area contributed by atoms with Gasteiger partial charge in [0.2, 0.25) is 11.8 Å². The summed E-state index contributed by atoms with van der Waals surface area (Å²) in [5, 5.41) is 11.7. The van der Waals surface area contributed by atoms with Crippen molar-refractivity contribution in [1.82, 2.24) is 0 Å². The fraction of sp³-hybridized carbons (Fsp3) is 0.200. The maximum Gasteiger partial charge on any atom is 0.339 e. The number of amides is 2. The minimum atomic E-state index is -0.561. The first-order valence-electron chi connectivity index (χ1n) is 8.32. The zero-order valence-electron chi connectivity index (χ0n) is 14.6. The van der Waals surface area contributed by atoms with Gasteiger partial charge in [-0.25, -0.2) is 4.79 Å². The lowest BCUT2D eigenvalue weighted by molar-refractivity contribution is -0.122. The summed E-state index contributed by atoms with van der Waals surface area (Å²) in [6.07, 6.45) is 0.0410. The number of ether oxygens (including phenoxy) is 1.